The predicted octanol–water partition coefficient (Wildman–Crippen LogP) is 3.35. The number of benzene rings is 2. The fraction of sp³-hybridized carbons (Fsp3) is 0.0625. The van der Waals surface area contributed by atoms with E-state index in [2.05, 4.69) is 0 Å². The van der Waals surface area contributed by atoms with Gasteiger partial charge in [-0.15, -0.1) is 0 Å². The summed E-state index contributed by atoms with van der Waals surface area (Å²) in [6, 6.07) is 15.3. The van der Waals surface area contributed by atoms with Gasteiger partial charge in [0.15, 0.2) is 0 Å². The van der Waals surface area contributed by atoms with Crippen molar-refractivity contribution in [3.63, 3.8) is 0 Å². The van der Waals surface area contributed by atoms with Crippen LogP contribution in [0, 0.1) is 10.1 Å². The van der Waals surface area contributed by atoms with Crippen molar-refractivity contribution in [2.45, 2.75) is 6.61 Å². The van der Waals surface area contributed by atoms with Crippen LogP contribution >= 0.6 is 0 Å². The maximum absolute atomic E-state index is 11.6. The van der Waals surface area contributed by atoms with Gasteiger partial charge in [-0.1, -0.05) is 42.5 Å². The van der Waals surface area contributed by atoms with Crippen molar-refractivity contribution < 1.29 is 14.5 Å². The maximum Gasteiger partial charge on any atom is 0.331 e. The lowest BCUT2D eigenvalue weighted by Crippen LogP contribution is -2.00. The van der Waals surface area contributed by atoms with E-state index in [1.54, 1.807) is 12.1 Å². The van der Waals surface area contributed by atoms with Crippen LogP contribution in [-0.2, 0) is 16.1 Å². The second-order valence-corrected chi connectivity index (χ2v) is 4.28. The van der Waals surface area contributed by atoms with Crippen molar-refractivity contribution in [1.29, 1.82) is 0 Å². The molecule has 2 rings (SSSR count). The number of carbonyl (C=O) groups is 1. The molecule has 0 saturated heterocycles. The Kier molecular flexibility index (Phi) is 4.82. The van der Waals surface area contributed by atoms with Gasteiger partial charge in [0.2, 0.25) is 0 Å². The van der Waals surface area contributed by atoms with Crippen molar-refractivity contribution >= 4 is 17.7 Å². The van der Waals surface area contributed by atoms with Crippen LogP contribution in [0.15, 0.2) is 60.7 Å². The number of esters is 1. The third kappa shape index (κ3) is 4.58. The molecule has 0 bridgehead atoms. The summed E-state index contributed by atoms with van der Waals surface area (Å²) in [7, 11) is 0. The third-order valence-corrected chi connectivity index (χ3v) is 2.72. The zero-order valence-electron chi connectivity index (χ0n) is 11.1. The fourth-order valence-electron chi connectivity index (χ4n) is 1.68. The first-order valence-corrected chi connectivity index (χ1v) is 6.28. The monoisotopic (exact) mass is 283 g/mol. The lowest BCUT2D eigenvalue weighted by Gasteiger charge is -2.01. The van der Waals surface area contributed by atoms with E-state index in [0.717, 1.165) is 5.56 Å². The molecule has 0 atom stereocenters. The first-order chi connectivity index (χ1) is 10.1. The summed E-state index contributed by atoms with van der Waals surface area (Å²) >= 11 is 0. The molecule has 0 spiro atoms. The van der Waals surface area contributed by atoms with Crippen LogP contribution in [0.4, 0.5) is 5.69 Å². The van der Waals surface area contributed by atoms with Crippen molar-refractivity contribution in [1.82, 2.24) is 0 Å². The van der Waals surface area contributed by atoms with E-state index in [-0.39, 0.29) is 12.3 Å². The van der Waals surface area contributed by atoms with Gasteiger partial charge >= 0.3 is 5.97 Å². The lowest BCUT2D eigenvalue weighted by atomic mass is 10.2. The Morgan fingerprint density at radius 3 is 2.62 bits per heavy atom. The minimum absolute atomic E-state index is 0.0187. The standard InChI is InChI=1S/C16H13NO4/c18-16(21-12-14-5-2-1-3-6-14)10-9-13-7-4-8-15(11-13)17(19)20/h1-11H,12H2/b10-9-. The highest BCUT2D eigenvalue weighted by atomic mass is 16.6. The Labute approximate surface area is 121 Å². The number of hydrogen-bond donors (Lipinski definition) is 0. The molecule has 21 heavy (non-hydrogen) atoms. The molecule has 0 radical (unpaired) electrons. The molecule has 0 saturated carbocycles. The van der Waals surface area contributed by atoms with Gasteiger partial charge in [0.25, 0.3) is 5.69 Å². The van der Waals surface area contributed by atoms with Crippen molar-refractivity contribution in [3.8, 4) is 0 Å². The van der Waals surface area contributed by atoms with Crippen LogP contribution < -0.4 is 0 Å². The summed E-state index contributed by atoms with van der Waals surface area (Å²) in [6.45, 7) is 0.193. The van der Waals surface area contributed by atoms with Crippen LogP contribution in [0.2, 0.25) is 0 Å². The van der Waals surface area contributed by atoms with E-state index in [4.69, 9.17) is 4.74 Å². The molecule has 106 valence electrons. The average Bonchev–Trinajstić information content (AvgIpc) is 2.52. The smallest absolute Gasteiger partial charge is 0.331 e. The van der Waals surface area contributed by atoms with E-state index in [9.17, 15) is 14.9 Å². The highest BCUT2D eigenvalue weighted by Gasteiger charge is 2.04. The number of carbonyl (C=O) groups excluding carboxylic acids is 1. The summed E-state index contributed by atoms with van der Waals surface area (Å²) in [5.41, 5.74) is 1.45. The van der Waals surface area contributed by atoms with Crippen molar-refractivity contribution in [3.05, 3.63) is 81.9 Å². The maximum atomic E-state index is 11.6. The molecule has 0 aromatic heterocycles. The van der Waals surface area contributed by atoms with E-state index >= 15 is 0 Å². The van der Waals surface area contributed by atoms with Crippen LogP contribution in [0.5, 0.6) is 0 Å². The predicted molar refractivity (Wildman–Crippen MR) is 78.4 cm³/mol. The second kappa shape index (κ2) is 7.00. The third-order valence-electron chi connectivity index (χ3n) is 2.72. The fourth-order valence-corrected chi connectivity index (χ4v) is 1.68. The Balaban J connectivity index is 1.93. The first kappa shape index (κ1) is 14.5. The molecule has 0 fully saturated rings. The average molecular weight is 283 g/mol. The van der Waals surface area contributed by atoms with Gasteiger partial charge in [0, 0.05) is 18.2 Å². The van der Waals surface area contributed by atoms with E-state index < -0.39 is 10.9 Å². The van der Waals surface area contributed by atoms with Gasteiger partial charge in [-0.3, -0.25) is 10.1 Å². The Morgan fingerprint density at radius 2 is 1.90 bits per heavy atom. The Bertz CT molecular complexity index is 665. The highest BCUT2D eigenvalue weighted by Crippen LogP contribution is 2.14. The quantitative estimate of drug-likeness (QED) is 0.365. The topological polar surface area (TPSA) is 69.4 Å². The molecule has 0 aliphatic carbocycles. The number of nitro benzene ring substituents is 1. The lowest BCUT2D eigenvalue weighted by molar-refractivity contribution is -0.384. The molecule has 5 nitrogen and oxygen atoms in total. The molecular formula is C16H13NO4. The van der Waals surface area contributed by atoms with Gasteiger partial charge in [0.05, 0.1) is 4.92 Å². The van der Waals surface area contributed by atoms with Gasteiger partial charge in [-0.05, 0) is 17.2 Å². The van der Waals surface area contributed by atoms with Crippen LogP contribution in [0.1, 0.15) is 11.1 Å². The number of hydrogen-bond acceptors (Lipinski definition) is 4. The molecule has 2 aromatic rings. The molecule has 0 heterocycles. The van der Waals surface area contributed by atoms with Crippen LogP contribution in [0.25, 0.3) is 6.08 Å². The summed E-state index contributed by atoms with van der Waals surface area (Å²) < 4.78 is 5.07. The Hall–Kier alpha value is -2.95. The molecule has 0 aliphatic heterocycles. The summed E-state index contributed by atoms with van der Waals surface area (Å²) in [5.74, 6) is -0.495. The SMILES string of the molecule is O=C(/C=C\c1cccc([N+](=O)[O-])c1)OCc1ccccc1. The molecule has 0 amide bonds. The summed E-state index contributed by atoms with van der Waals surface area (Å²) in [6.07, 6.45) is 2.74. The normalized spacial score (nSPS) is 10.5. The number of non-ortho nitro benzene ring substituents is 1. The summed E-state index contributed by atoms with van der Waals surface area (Å²) in [4.78, 5) is 21.7. The number of ether oxygens (including phenoxy) is 1. The highest BCUT2D eigenvalue weighted by molar-refractivity contribution is 5.87. The van der Waals surface area contributed by atoms with Crippen LogP contribution in [-0.4, -0.2) is 10.9 Å². The number of rotatable bonds is 5. The van der Waals surface area contributed by atoms with E-state index in [1.807, 2.05) is 30.3 Å². The van der Waals surface area contributed by atoms with Gasteiger partial charge in [-0.2, -0.15) is 0 Å². The Morgan fingerprint density at radius 1 is 1.14 bits per heavy atom. The van der Waals surface area contributed by atoms with Crippen molar-refractivity contribution in [2.24, 2.45) is 0 Å². The van der Waals surface area contributed by atoms with Crippen molar-refractivity contribution in [2.75, 3.05) is 0 Å². The summed E-state index contributed by atoms with van der Waals surface area (Å²) in [5, 5.41) is 10.6. The van der Waals surface area contributed by atoms with Gasteiger partial charge in [-0.25, -0.2) is 4.79 Å². The van der Waals surface area contributed by atoms with Crippen LogP contribution in [0.3, 0.4) is 0 Å². The van der Waals surface area contributed by atoms with E-state index in [1.165, 1.54) is 24.3 Å². The number of nitro groups is 1. The van der Waals surface area contributed by atoms with Gasteiger partial charge in [0.1, 0.15) is 6.61 Å². The molecular weight excluding hydrogens is 270 g/mol. The zero-order chi connectivity index (χ0) is 15.1. The molecule has 0 aliphatic rings. The first-order valence-electron chi connectivity index (χ1n) is 6.28. The zero-order valence-corrected chi connectivity index (χ0v) is 11.1. The minimum atomic E-state index is -0.495. The number of nitrogens with zero attached hydrogens (tertiary/aromatic N) is 1. The largest absolute Gasteiger partial charge is 0.458 e. The molecule has 2 aromatic carbocycles. The second-order valence-electron chi connectivity index (χ2n) is 4.28. The molecule has 0 N–H and O–H groups in total. The molecule has 5 heteroatoms. The van der Waals surface area contributed by atoms with Gasteiger partial charge < -0.3 is 4.74 Å². The van der Waals surface area contributed by atoms with E-state index in [0.29, 0.717) is 5.56 Å². The molecule has 0 unspecified atom stereocenters. The minimum Gasteiger partial charge on any atom is -0.458 e.